The molecule has 0 radical (unpaired) electrons. The Kier molecular flexibility index (Phi) is 6.86. The number of nitrogens with zero attached hydrogens (tertiary/aromatic N) is 4. The van der Waals surface area contributed by atoms with Gasteiger partial charge >= 0.3 is 0 Å². The van der Waals surface area contributed by atoms with Gasteiger partial charge in [-0.25, -0.2) is 0 Å². The average molecular weight is 444 g/mol. The molecule has 1 amide bonds. The van der Waals surface area contributed by atoms with E-state index in [1.807, 2.05) is 41.8 Å². The Bertz CT molecular complexity index is 1090. The summed E-state index contributed by atoms with van der Waals surface area (Å²) in [6, 6.07) is 13.3. The average Bonchev–Trinajstić information content (AvgIpc) is 3.07. The van der Waals surface area contributed by atoms with Crippen LogP contribution < -0.4 is 5.32 Å². The maximum atomic E-state index is 13.1. The fraction of sp³-hybridized carbons (Fsp3) is 0.150. The molecular formula is C20H18ClN5O3S. The maximum absolute atomic E-state index is 13.1. The molecule has 154 valence electrons. The van der Waals surface area contributed by atoms with Gasteiger partial charge in [-0.1, -0.05) is 59.8 Å². The number of carbonyl (C=O) groups excluding carboxylic acids is 1. The molecule has 0 aliphatic rings. The Morgan fingerprint density at radius 2 is 2.07 bits per heavy atom. The topological polar surface area (TPSA) is 103 Å². The predicted octanol–water partition coefficient (Wildman–Crippen LogP) is 4.81. The number of amides is 1. The minimum Gasteiger partial charge on any atom is -0.325 e. The minimum absolute atomic E-state index is 0.0000135. The van der Waals surface area contributed by atoms with Crippen LogP contribution in [0.3, 0.4) is 0 Å². The van der Waals surface area contributed by atoms with E-state index in [0.717, 1.165) is 5.56 Å². The van der Waals surface area contributed by atoms with Crippen LogP contribution in [0, 0.1) is 17.0 Å². The van der Waals surface area contributed by atoms with E-state index in [9.17, 15) is 14.9 Å². The van der Waals surface area contributed by atoms with Crippen LogP contribution in [0.25, 0.3) is 0 Å². The zero-order chi connectivity index (χ0) is 21.7. The van der Waals surface area contributed by atoms with E-state index in [1.165, 1.54) is 30.0 Å². The number of hydrogen-bond donors (Lipinski definition) is 1. The second-order valence-electron chi connectivity index (χ2n) is 6.25. The first-order valence-corrected chi connectivity index (χ1v) is 10.1. The summed E-state index contributed by atoms with van der Waals surface area (Å²) in [5.74, 6) is 0.353. The smallest absolute Gasteiger partial charge is 0.289 e. The van der Waals surface area contributed by atoms with Crippen molar-refractivity contribution in [2.75, 3.05) is 5.32 Å². The van der Waals surface area contributed by atoms with Gasteiger partial charge < -0.3 is 9.88 Å². The minimum atomic E-state index is -0.659. The normalized spacial score (nSPS) is 11.7. The number of hydrogen-bond acceptors (Lipinski definition) is 6. The van der Waals surface area contributed by atoms with E-state index < -0.39 is 10.2 Å². The molecule has 0 aliphatic heterocycles. The summed E-state index contributed by atoms with van der Waals surface area (Å²) in [7, 11) is 0. The van der Waals surface area contributed by atoms with Gasteiger partial charge in [0.15, 0.2) is 5.16 Å². The van der Waals surface area contributed by atoms with Crippen molar-refractivity contribution in [3.05, 3.63) is 87.7 Å². The lowest BCUT2D eigenvalue weighted by Crippen LogP contribution is -2.19. The van der Waals surface area contributed by atoms with Crippen LogP contribution in [-0.2, 0) is 11.3 Å². The van der Waals surface area contributed by atoms with Crippen molar-refractivity contribution >= 4 is 40.6 Å². The standard InChI is InChI=1S/C20H18ClN5O3S/c1-3-11-25-13(2)23-24-20(25)30-18(14-7-5-4-6-8-14)19(27)22-15-9-10-16(21)17(12-15)26(28)29/h3-10,12,18H,1,11H2,2H3,(H,22,27). The van der Waals surface area contributed by atoms with Crippen molar-refractivity contribution in [1.29, 1.82) is 0 Å². The lowest BCUT2D eigenvalue weighted by atomic mass is 10.1. The van der Waals surface area contributed by atoms with Gasteiger partial charge in [0.05, 0.1) is 4.92 Å². The molecule has 8 nitrogen and oxygen atoms in total. The molecule has 2 aromatic carbocycles. The summed E-state index contributed by atoms with van der Waals surface area (Å²) in [6.07, 6.45) is 1.73. The first-order valence-electron chi connectivity index (χ1n) is 8.87. The van der Waals surface area contributed by atoms with Crippen LogP contribution in [0.5, 0.6) is 0 Å². The van der Waals surface area contributed by atoms with E-state index in [4.69, 9.17) is 11.6 Å². The number of aromatic nitrogens is 3. The molecule has 1 unspecified atom stereocenters. The van der Waals surface area contributed by atoms with Crippen molar-refractivity contribution in [2.45, 2.75) is 23.9 Å². The number of allylic oxidation sites excluding steroid dienone is 1. The first kappa shape index (κ1) is 21.5. The van der Waals surface area contributed by atoms with Crippen LogP contribution in [-0.4, -0.2) is 25.6 Å². The Labute approximate surface area is 182 Å². The number of halogens is 1. The second kappa shape index (κ2) is 9.55. The second-order valence-corrected chi connectivity index (χ2v) is 7.73. The van der Waals surface area contributed by atoms with Gasteiger partial charge in [-0.2, -0.15) is 0 Å². The molecule has 0 aliphatic carbocycles. The fourth-order valence-electron chi connectivity index (χ4n) is 2.73. The van der Waals surface area contributed by atoms with Crippen molar-refractivity contribution in [1.82, 2.24) is 14.8 Å². The number of nitrogens with one attached hydrogen (secondary N) is 1. The number of thioether (sulfide) groups is 1. The summed E-state index contributed by atoms with van der Waals surface area (Å²) in [4.78, 5) is 23.7. The molecule has 3 rings (SSSR count). The lowest BCUT2D eigenvalue weighted by molar-refractivity contribution is -0.384. The van der Waals surface area contributed by atoms with Gasteiger partial charge in [0.25, 0.3) is 5.69 Å². The van der Waals surface area contributed by atoms with Gasteiger partial charge in [-0.15, -0.1) is 16.8 Å². The van der Waals surface area contributed by atoms with Crippen molar-refractivity contribution in [3.8, 4) is 0 Å². The number of aryl methyl sites for hydroxylation is 1. The molecule has 0 spiro atoms. The van der Waals surface area contributed by atoms with Crippen molar-refractivity contribution in [3.63, 3.8) is 0 Å². The third kappa shape index (κ3) is 4.87. The van der Waals surface area contributed by atoms with Gasteiger partial charge in [0.1, 0.15) is 16.1 Å². The quantitative estimate of drug-likeness (QED) is 0.232. The summed E-state index contributed by atoms with van der Waals surface area (Å²) in [5, 5.41) is 22.1. The van der Waals surface area contributed by atoms with Crippen LogP contribution in [0.2, 0.25) is 5.02 Å². The van der Waals surface area contributed by atoms with E-state index in [-0.39, 0.29) is 22.3 Å². The third-order valence-electron chi connectivity index (χ3n) is 4.19. The number of carbonyl (C=O) groups is 1. The van der Waals surface area contributed by atoms with Gasteiger partial charge in [-0.3, -0.25) is 14.9 Å². The Morgan fingerprint density at radius 1 is 1.33 bits per heavy atom. The highest BCUT2D eigenvalue weighted by molar-refractivity contribution is 8.00. The molecule has 3 aromatic rings. The number of rotatable bonds is 8. The highest BCUT2D eigenvalue weighted by atomic mass is 35.5. The largest absolute Gasteiger partial charge is 0.325 e. The third-order valence-corrected chi connectivity index (χ3v) is 5.74. The fourth-order valence-corrected chi connectivity index (χ4v) is 4.01. The van der Waals surface area contributed by atoms with Crippen LogP contribution >= 0.6 is 23.4 Å². The zero-order valence-corrected chi connectivity index (χ0v) is 17.6. The monoisotopic (exact) mass is 443 g/mol. The molecule has 1 heterocycles. The van der Waals surface area contributed by atoms with E-state index in [1.54, 1.807) is 6.08 Å². The molecule has 1 atom stereocenters. The lowest BCUT2D eigenvalue weighted by Gasteiger charge is -2.17. The Balaban J connectivity index is 1.92. The van der Waals surface area contributed by atoms with E-state index in [0.29, 0.717) is 17.5 Å². The number of nitro groups is 1. The molecule has 0 bridgehead atoms. The predicted molar refractivity (Wildman–Crippen MR) is 117 cm³/mol. The summed E-state index contributed by atoms with van der Waals surface area (Å²) in [6.45, 7) is 6.08. The number of benzene rings is 2. The van der Waals surface area contributed by atoms with Crippen molar-refractivity contribution < 1.29 is 9.72 Å². The maximum Gasteiger partial charge on any atom is 0.289 e. The molecule has 1 N–H and O–H groups in total. The van der Waals surface area contributed by atoms with Gasteiger partial charge in [0, 0.05) is 18.3 Å². The molecular weight excluding hydrogens is 426 g/mol. The highest BCUT2D eigenvalue weighted by Crippen LogP contribution is 2.36. The van der Waals surface area contributed by atoms with Crippen LogP contribution in [0.15, 0.2) is 66.3 Å². The summed E-state index contributed by atoms with van der Waals surface area (Å²) in [5.41, 5.74) is 0.760. The van der Waals surface area contributed by atoms with Crippen LogP contribution in [0.1, 0.15) is 16.6 Å². The van der Waals surface area contributed by atoms with E-state index in [2.05, 4.69) is 22.1 Å². The van der Waals surface area contributed by atoms with Gasteiger partial charge in [-0.05, 0) is 24.6 Å². The Morgan fingerprint density at radius 3 is 2.73 bits per heavy atom. The van der Waals surface area contributed by atoms with Gasteiger partial charge in [0.2, 0.25) is 5.91 Å². The summed E-state index contributed by atoms with van der Waals surface area (Å²) < 4.78 is 1.86. The highest BCUT2D eigenvalue weighted by Gasteiger charge is 2.26. The molecule has 0 saturated carbocycles. The number of nitro benzene ring substituents is 1. The number of anilines is 1. The summed E-state index contributed by atoms with van der Waals surface area (Å²) >= 11 is 7.10. The Hall–Kier alpha value is -3.17. The van der Waals surface area contributed by atoms with Crippen molar-refractivity contribution in [2.24, 2.45) is 0 Å². The van der Waals surface area contributed by atoms with Crippen LogP contribution in [0.4, 0.5) is 11.4 Å². The first-order chi connectivity index (χ1) is 14.4. The molecule has 10 heteroatoms. The molecule has 1 aromatic heterocycles. The zero-order valence-electron chi connectivity index (χ0n) is 16.0. The molecule has 0 saturated heterocycles. The van der Waals surface area contributed by atoms with E-state index >= 15 is 0 Å². The molecule has 30 heavy (non-hydrogen) atoms. The molecule has 0 fully saturated rings. The SMILES string of the molecule is C=CCn1c(C)nnc1SC(C(=O)Nc1ccc(Cl)c([N+](=O)[O-])c1)c1ccccc1.